The molecular formula is C15H23NO. The van der Waals surface area contributed by atoms with Gasteiger partial charge in [-0.05, 0) is 37.3 Å². The largest absolute Gasteiger partial charge is 0.356 e. The van der Waals surface area contributed by atoms with Crippen LogP contribution < -0.4 is 5.32 Å². The highest BCUT2D eigenvalue weighted by Crippen LogP contribution is 2.10. The van der Waals surface area contributed by atoms with Gasteiger partial charge in [-0.3, -0.25) is 4.79 Å². The molecule has 0 bridgehead atoms. The fourth-order valence-electron chi connectivity index (χ4n) is 1.82. The minimum absolute atomic E-state index is 0.187. The van der Waals surface area contributed by atoms with Crippen LogP contribution in [0, 0.1) is 6.92 Å². The number of hydrogen-bond acceptors (Lipinski definition) is 1. The van der Waals surface area contributed by atoms with Crippen LogP contribution in [-0.2, 0) is 11.2 Å². The summed E-state index contributed by atoms with van der Waals surface area (Å²) in [7, 11) is 0. The van der Waals surface area contributed by atoms with E-state index in [-0.39, 0.29) is 5.91 Å². The van der Waals surface area contributed by atoms with E-state index in [1.54, 1.807) is 0 Å². The number of carbonyl (C=O) groups excluding carboxylic acids is 1. The number of nitrogens with one attached hydrogen (secondary N) is 1. The van der Waals surface area contributed by atoms with E-state index < -0.39 is 0 Å². The van der Waals surface area contributed by atoms with Gasteiger partial charge in [0.15, 0.2) is 0 Å². The van der Waals surface area contributed by atoms with Gasteiger partial charge in [0.2, 0.25) is 5.91 Å². The Bertz CT molecular complexity index is 347. The normalized spacial score (nSPS) is 10.2. The van der Waals surface area contributed by atoms with Crippen molar-refractivity contribution >= 4 is 5.91 Å². The molecular weight excluding hydrogens is 210 g/mol. The van der Waals surface area contributed by atoms with Crippen molar-refractivity contribution in [1.82, 2.24) is 5.32 Å². The third kappa shape index (κ3) is 5.53. The second-order valence-corrected chi connectivity index (χ2v) is 4.48. The van der Waals surface area contributed by atoms with E-state index in [1.165, 1.54) is 11.1 Å². The van der Waals surface area contributed by atoms with Crippen molar-refractivity contribution < 1.29 is 4.79 Å². The lowest BCUT2D eigenvalue weighted by Crippen LogP contribution is -2.24. The third-order valence-electron chi connectivity index (χ3n) is 2.96. The molecule has 1 aromatic carbocycles. The molecule has 0 aromatic heterocycles. The molecule has 0 radical (unpaired) electrons. The molecule has 0 aliphatic rings. The molecule has 0 saturated carbocycles. The fourth-order valence-corrected chi connectivity index (χ4v) is 1.82. The molecule has 1 amide bonds. The summed E-state index contributed by atoms with van der Waals surface area (Å²) in [5.41, 5.74) is 2.67. The molecule has 0 aliphatic carbocycles. The van der Waals surface area contributed by atoms with Crippen LogP contribution in [0.3, 0.4) is 0 Å². The van der Waals surface area contributed by atoms with Crippen LogP contribution in [0.1, 0.15) is 43.7 Å². The summed E-state index contributed by atoms with van der Waals surface area (Å²) in [6, 6.07) is 8.38. The summed E-state index contributed by atoms with van der Waals surface area (Å²) < 4.78 is 0. The molecule has 0 aliphatic heterocycles. The molecule has 1 aromatic rings. The molecule has 0 heterocycles. The number of aryl methyl sites for hydroxylation is 2. The Morgan fingerprint density at radius 2 is 2.00 bits per heavy atom. The number of amides is 1. The zero-order valence-corrected chi connectivity index (χ0v) is 11.0. The summed E-state index contributed by atoms with van der Waals surface area (Å²) in [6.45, 7) is 5.07. The highest BCUT2D eigenvalue weighted by molar-refractivity contribution is 5.75. The molecule has 94 valence electrons. The lowest BCUT2D eigenvalue weighted by Gasteiger charge is -2.06. The number of rotatable bonds is 7. The highest BCUT2D eigenvalue weighted by atomic mass is 16.1. The van der Waals surface area contributed by atoms with Crippen LogP contribution in [0.2, 0.25) is 0 Å². The molecule has 2 nitrogen and oxygen atoms in total. The summed E-state index contributed by atoms with van der Waals surface area (Å²) in [6.07, 6.45) is 4.77. The van der Waals surface area contributed by atoms with Gasteiger partial charge in [-0.2, -0.15) is 0 Å². The zero-order valence-electron chi connectivity index (χ0n) is 11.0. The number of benzene rings is 1. The van der Waals surface area contributed by atoms with Crippen molar-refractivity contribution in [1.29, 1.82) is 0 Å². The quantitative estimate of drug-likeness (QED) is 0.720. The maximum absolute atomic E-state index is 11.5. The summed E-state index contributed by atoms with van der Waals surface area (Å²) in [4.78, 5) is 11.5. The first kappa shape index (κ1) is 13.8. The van der Waals surface area contributed by atoms with Crippen LogP contribution >= 0.6 is 0 Å². The predicted molar refractivity (Wildman–Crippen MR) is 72.0 cm³/mol. The Hall–Kier alpha value is -1.31. The average molecular weight is 233 g/mol. The van der Waals surface area contributed by atoms with Crippen molar-refractivity contribution in [3.8, 4) is 0 Å². The first-order valence-corrected chi connectivity index (χ1v) is 6.55. The zero-order chi connectivity index (χ0) is 12.5. The van der Waals surface area contributed by atoms with Crippen molar-refractivity contribution in [3.05, 3.63) is 35.4 Å². The van der Waals surface area contributed by atoms with Gasteiger partial charge in [-0.15, -0.1) is 0 Å². The minimum atomic E-state index is 0.187. The average Bonchev–Trinajstić information content (AvgIpc) is 2.32. The smallest absolute Gasteiger partial charge is 0.220 e. The Kier molecular flexibility index (Phi) is 6.38. The SMILES string of the molecule is CCCCNC(=O)CCCc1ccccc1C. The molecule has 2 heteroatoms. The fraction of sp³-hybridized carbons (Fsp3) is 0.533. The third-order valence-corrected chi connectivity index (χ3v) is 2.96. The second kappa shape index (κ2) is 7.88. The molecule has 0 unspecified atom stereocenters. The Morgan fingerprint density at radius 1 is 1.24 bits per heavy atom. The Morgan fingerprint density at radius 3 is 2.71 bits per heavy atom. The van der Waals surface area contributed by atoms with E-state index in [1.807, 2.05) is 0 Å². The molecule has 0 saturated heterocycles. The Balaban J connectivity index is 2.19. The van der Waals surface area contributed by atoms with E-state index in [2.05, 4.69) is 43.4 Å². The molecule has 0 spiro atoms. The van der Waals surface area contributed by atoms with Crippen molar-refractivity contribution in [2.75, 3.05) is 6.54 Å². The number of hydrogen-bond donors (Lipinski definition) is 1. The number of unbranched alkanes of at least 4 members (excludes halogenated alkanes) is 1. The van der Waals surface area contributed by atoms with Crippen LogP contribution in [0.25, 0.3) is 0 Å². The first-order valence-electron chi connectivity index (χ1n) is 6.55. The Labute approximate surface area is 104 Å². The highest BCUT2D eigenvalue weighted by Gasteiger charge is 2.02. The summed E-state index contributed by atoms with van der Waals surface area (Å²) in [5.74, 6) is 0.187. The lowest BCUT2D eigenvalue weighted by molar-refractivity contribution is -0.121. The molecule has 1 rings (SSSR count). The van der Waals surface area contributed by atoms with E-state index in [0.29, 0.717) is 6.42 Å². The van der Waals surface area contributed by atoms with Gasteiger partial charge in [0.05, 0.1) is 0 Å². The van der Waals surface area contributed by atoms with Gasteiger partial charge >= 0.3 is 0 Å². The van der Waals surface area contributed by atoms with E-state index in [9.17, 15) is 4.79 Å². The predicted octanol–water partition coefficient (Wildman–Crippen LogP) is 3.23. The maximum atomic E-state index is 11.5. The number of carbonyl (C=O) groups is 1. The lowest BCUT2D eigenvalue weighted by atomic mass is 10.0. The van der Waals surface area contributed by atoms with E-state index in [4.69, 9.17) is 0 Å². The summed E-state index contributed by atoms with van der Waals surface area (Å²) in [5, 5.41) is 2.95. The minimum Gasteiger partial charge on any atom is -0.356 e. The van der Waals surface area contributed by atoms with Crippen LogP contribution in [0.4, 0.5) is 0 Å². The van der Waals surface area contributed by atoms with E-state index >= 15 is 0 Å². The van der Waals surface area contributed by atoms with Gasteiger partial charge in [0.25, 0.3) is 0 Å². The van der Waals surface area contributed by atoms with Crippen molar-refractivity contribution in [2.45, 2.75) is 46.0 Å². The monoisotopic (exact) mass is 233 g/mol. The van der Waals surface area contributed by atoms with Gasteiger partial charge in [0.1, 0.15) is 0 Å². The van der Waals surface area contributed by atoms with Gasteiger partial charge in [-0.1, -0.05) is 37.6 Å². The standard InChI is InChI=1S/C15H23NO/c1-3-4-12-16-15(17)11-7-10-14-9-6-5-8-13(14)2/h5-6,8-9H,3-4,7,10-12H2,1-2H3,(H,16,17). The summed E-state index contributed by atoms with van der Waals surface area (Å²) >= 11 is 0. The van der Waals surface area contributed by atoms with Gasteiger partial charge in [-0.25, -0.2) is 0 Å². The topological polar surface area (TPSA) is 29.1 Å². The van der Waals surface area contributed by atoms with Gasteiger partial charge in [0, 0.05) is 13.0 Å². The van der Waals surface area contributed by atoms with Gasteiger partial charge < -0.3 is 5.32 Å². The first-order chi connectivity index (χ1) is 8.24. The van der Waals surface area contributed by atoms with Crippen LogP contribution in [-0.4, -0.2) is 12.5 Å². The van der Waals surface area contributed by atoms with Crippen LogP contribution in [0.5, 0.6) is 0 Å². The van der Waals surface area contributed by atoms with Crippen LogP contribution in [0.15, 0.2) is 24.3 Å². The second-order valence-electron chi connectivity index (χ2n) is 4.48. The molecule has 1 N–H and O–H groups in total. The van der Waals surface area contributed by atoms with Crippen molar-refractivity contribution in [2.24, 2.45) is 0 Å². The van der Waals surface area contributed by atoms with E-state index in [0.717, 1.165) is 32.2 Å². The molecule has 0 fully saturated rings. The molecule has 0 atom stereocenters. The molecule has 17 heavy (non-hydrogen) atoms. The maximum Gasteiger partial charge on any atom is 0.220 e. The van der Waals surface area contributed by atoms with Crippen molar-refractivity contribution in [3.63, 3.8) is 0 Å².